The van der Waals surface area contributed by atoms with Crippen LogP contribution in [0.5, 0.6) is 0 Å². The van der Waals surface area contributed by atoms with Crippen molar-refractivity contribution in [1.29, 1.82) is 0 Å². The standard InChI is InChI=1S/C11H17N5O2/c1-7-4-15(5-9(7)11(17)18)6-10-12-13-14-16(10)8-2-3-8/h7-9H,2-6H2,1H3,(H,17,18)/t7-,9-/m1/s1. The van der Waals surface area contributed by atoms with E-state index in [9.17, 15) is 4.79 Å². The molecule has 0 unspecified atom stereocenters. The van der Waals surface area contributed by atoms with Crippen LogP contribution in [0.2, 0.25) is 0 Å². The number of nitrogens with zero attached hydrogens (tertiary/aromatic N) is 5. The van der Waals surface area contributed by atoms with E-state index in [-0.39, 0.29) is 11.8 Å². The molecule has 7 nitrogen and oxygen atoms in total. The van der Waals surface area contributed by atoms with E-state index in [1.165, 1.54) is 0 Å². The number of carboxylic acid groups (broad SMARTS) is 1. The Morgan fingerprint density at radius 2 is 2.22 bits per heavy atom. The highest BCUT2D eigenvalue weighted by Crippen LogP contribution is 2.35. The van der Waals surface area contributed by atoms with Crippen molar-refractivity contribution in [3.8, 4) is 0 Å². The van der Waals surface area contributed by atoms with Crippen molar-refractivity contribution in [2.45, 2.75) is 32.4 Å². The van der Waals surface area contributed by atoms with E-state index in [1.54, 1.807) is 0 Å². The van der Waals surface area contributed by atoms with Crippen LogP contribution in [0.3, 0.4) is 0 Å². The molecule has 1 saturated carbocycles. The molecule has 18 heavy (non-hydrogen) atoms. The van der Waals surface area contributed by atoms with Crippen LogP contribution in [0.1, 0.15) is 31.6 Å². The first-order valence-electron chi connectivity index (χ1n) is 6.37. The van der Waals surface area contributed by atoms with E-state index < -0.39 is 5.97 Å². The largest absolute Gasteiger partial charge is 0.481 e. The van der Waals surface area contributed by atoms with Crippen molar-refractivity contribution in [3.63, 3.8) is 0 Å². The zero-order valence-corrected chi connectivity index (χ0v) is 10.4. The van der Waals surface area contributed by atoms with E-state index in [4.69, 9.17) is 5.11 Å². The molecule has 1 saturated heterocycles. The summed E-state index contributed by atoms with van der Waals surface area (Å²) in [5.41, 5.74) is 0. The van der Waals surface area contributed by atoms with Crippen molar-refractivity contribution in [2.24, 2.45) is 11.8 Å². The summed E-state index contributed by atoms with van der Waals surface area (Å²) in [4.78, 5) is 13.2. The first-order chi connectivity index (χ1) is 8.65. The van der Waals surface area contributed by atoms with Crippen LogP contribution >= 0.6 is 0 Å². The maximum Gasteiger partial charge on any atom is 0.308 e. The number of hydrogen-bond donors (Lipinski definition) is 1. The summed E-state index contributed by atoms with van der Waals surface area (Å²) >= 11 is 0. The van der Waals surface area contributed by atoms with Crippen LogP contribution in [0.25, 0.3) is 0 Å². The van der Waals surface area contributed by atoms with Crippen molar-refractivity contribution in [1.82, 2.24) is 25.1 Å². The van der Waals surface area contributed by atoms with Crippen molar-refractivity contribution < 1.29 is 9.90 Å². The number of aromatic nitrogens is 4. The van der Waals surface area contributed by atoms with Gasteiger partial charge in [-0.25, -0.2) is 4.68 Å². The summed E-state index contributed by atoms with van der Waals surface area (Å²) in [6.45, 7) is 4.03. The van der Waals surface area contributed by atoms with Gasteiger partial charge in [0.05, 0.1) is 18.5 Å². The van der Waals surface area contributed by atoms with E-state index in [0.29, 0.717) is 19.1 Å². The Labute approximate surface area is 105 Å². The Hall–Kier alpha value is -1.50. The summed E-state index contributed by atoms with van der Waals surface area (Å²) in [5.74, 6) is 0.0746. The summed E-state index contributed by atoms with van der Waals surface area (Å²) < 4.78 is 1.89. The summed E-state index contributed by atoms with van der Waals surface area (Å²) in [5, 5.41) is 20.9. The Kier molecular flexibility index (Phi) is 2.77. The molecule has 1 aromatic rings. The topological polar surface area (TPSA) is 84.1 Å². The molecular weight excluding hydrogens is 234 g/mol. The fraction of sp³-hybridized carbons (Fsp3) is 0.818. The predicted octanol–water partition coefficient (Wildman–Crippen LogP) is 0.160. The quantitative estimate of drug-likeness (QED) is 0.820. The van der Waals surface area contributed by atoms with Crippen LogP contribution in [0.4, 0.5) is 0 Å². The summed E-state index contributed by atoms with van der Waals surface area (Å²) in [7, 11) is 0. The SMILES string of the molecule is C[C@@H]1CN(Cc2nnnn2C2CC2)C[C@H]1C(=O)O. The summed E-state index contributed by atoms with van der Waals surface area (Å²) in [6.07, 6.45) is 2.29. The molecule has 0 amide bonds. The van der Waals surface area contributed by atoms with Crippen molar-refractivity contribution >= 4 is 5.97 Å². The lowest BCUT2D eigenvalue weighted by Crippen LogP contribution is -2.24. The molecular formula is C11H17N5O2. The number of hydrogen-bond acceptors (Lipinski definition) is 5. The normalized spacial score (nSPS) is 28.7. The van der Waals surface area contributed by atoms with Gasteiger partial charge in [0.15, 0.2) is 5.82 Å². The molecule has 1 N–H and O–H groups in total. The second-order valence-electron chi connectivity index (χ2n) is 5.39. The highest BCUT2D eigenvalue weighted by molar-refractivity contribution is 5.71. The van der Waals surface area contributed by atoms with Gasteiger partial charge in [-0.3, -0.25) is 9.69 Å². The molecule has 2 heterocycles. The molecule has 0 aromatic carbocycles. The van der Waals surface area contributed by atoms with E-state index in [1.807, 2.05) is 11.6 Å². The van der Waals surface area contributed by atoms with Gasteiger partial charge in [0.25, 0.3) is 0 Å². The van der Waals surface area contributed by atoms with Crippen LogP contribution in [0, 0.1) is 11.8 Å². The Bertz CT molecular complexity index is 456. The molecule has 2 atom stereocenters. The minimum absolute atomic E-state index is 0.188. The van der Waals surface area contributed by atoms with Gasteiger partial charge < -0.3 is 5.11 Å². The molecule has 0 spiro atoms. The van der Waals surface area contributed by atoms with Crippen LogP contribution < -0.4 is 0 Å². The number of tetrazole rings is 1. The van der Waals surface area contributed by atoms with E-state index in [0.717, 1.165) is 25.2 Å². The van der Waals surface area contributed by atoms with Gasteiger partial charge in [-0.05, 0) is 29.2 Å². The van der Waals surface area contributed by atoms with Gasteiger partial charge >= 0.3 is 5.97 Å². The second-order valence-corrected chi connectivity index (χ2v) is 5.39. The van der Waals surface area contributed by atoms with Crippen LogP contribution in [0.15, 0.2) is 0 Å². The zero-order chi connectivity index (χ0) is 12.7. The third-order valence-electron chi connectivity index (χ3n) is 3.82. The van der Waals surface area contributed by atoms with Gasteiger partial charge in [0.1, 0.15) is 0 Å². The highest BCUT2D eigenvalue weighted by Gasteiger charge is 2.36. The third-order valence-corrected chi connectivity index (χ3v) is 3.82. The average Bonchev–Trinajstić information content (AvgIpc) is 2.95. The molecule has 1 aliphatic heterocycles. The molecule has 3 rings (SSSR count). The Morgan fingerprint density at radius 3 is 2.83 bits per heavy atom. The van der Waals surface area contributed by atoms with E-state index >= 15 is 0 Å². The first-order valence-corrected chi connectivity index (χ1v) is 6.37. The average molecular weight is 251 g/mol. The second kappa shape index (κ2) is 4.31. The molecule has 0 bridgehead atoms. The van der Waals surface area contributed by atoms with Gasteiger partial charge in [-0.1, -0.05) is 6.92 Å². The van der Waals surface area contributed by atoms with Crippen LogP contribution in [-0.4, -0.2) is 49.3 Å². The fourth-order valence-electron chi connectivity index (χ4n) is 2.64. The zero-order valence-electron chi connectivity index (χ0n) is 10.4. The molecule has 98 valence electrons. The number of carboxylic acids is 1. The van der Waals surface area contributed by atoms with Crippen LogP contribution in [-0.2, 0) is 11.3 Å². The minimum Gasteiger partial charge on any atom is -0.481 e. The van der Waals surface area contributed by atoms with Gasteiger partial charge in [-0.2, -0.15) is 0 Å². The first kappa shape index (κ1) is 11.6. The van der Waals surface area contributed by atoms with Crippen molar-refractivity contribution in [3.05, 3.63) is 5.82 Å². The maximum atomic E-state index is 11.1. The molecule has 1 aliphatic carbocycles. The fourth-order valence-corrected chi connectivity index (χ4v) is 2.64. The minimum atomic E-state index is -0.702. The smallest absolute Gasteiger partial charge is 0.308 e. The van der Waals surface area contributed by atoms with E-state index in [2.05, 4.69) is 20.4 Å². The highest BCUT2D eigenvalue weighted by atomic mass is 16.4. The van der Waals surface area contributed by atoms with Crippen molar-refractivity contribution in [2.75, 3.05) is 13.1 Å². The number of aliphatic carboxylic acids is 1. The lowest BCUT2D eigenvalue weighted by molar-refractivity contribution is -0.142. The molecule has 1 aromatic heterocycles. The molecule has 2 fully saturated rings. The number of carbonyl (C=O) groups is 1. The van der Waals surface area contributed by atoms with Gasteiger partial charge in [0.2, 0.25) is 0 Å². The molecule has 0 radical (unpaired) electrons. The van der Waals surface area contributed by atoms with Gasteiger partial charge in [0, 0.05) is 13.1 Å². The van der Waals surface area contributed by atoms with Gasteiger partial charge in [-0.15, -0.1) is 5.10 Å². The molecule has 2 aliphatic rings. The lowest BCUT2D eigenvalue weighted by atomic mass is 9.99. The Morgan fingerprint density at radius 1 is 1.44 bits per heavy atom. The Balaban J connectivity index is 1.66. The molecule has 7 heteroatoms. The predicted molar refractivity (Wildman–Crippen MR) is 61.7 cm³/mol. The number of rotatable bonds is 4. The number of likely N-dealkylation sites (tertiary alicyclic amines) is 1. The monoisotopic (exact) mass is 251 g/mol. The summed E-state index contributed by atoms with van der Waals surface area (Å²) in [6, 6.07) is 0.463. The maximum absolute atomic E-state index is 11.1. The third kappa shape index (κ3) is 2.10. The lowest BCUT2D eigenvalue weighted by Gasteiger charge is -2.14.